The molecule has 15 heavy (non-hydrogen) atoms. The molecule has 2 N–H and O–H groups in total. The highest BCUT2D eigenvalue weighted by Gasteiger charge is 2.36. The Labute approximate surface area is 92.1 Å². The fraction of sp³-hybridized carbons (Fsp3) is 1.00. The molecule has 0 saturated carbocycles. The molecule has 3 unspecified atom stereocenters. The Balaban J connectivity index is 2.67. The van der Waals surface area contributed by atoms with Gasteiger partial charge in [-0.05, 0) is 19.3 Å². The molecule has 1 rings (SSSR count). The second kappa shape index (κ2) is 4.80. The monoisotopic (exact) mass is 235 g/mol. The molecule has 0 spiro atoms. The molecule has 3 atom stereocenters. The topological polar surface area (TPSA) is 69.4 Å². The standard InChI is InChI=1S/C10H21NO3S/c1-7(2)9(11)6-15(12,13)10-4-5-14-8(10)3/h7-10H,4-6,11H2,1-3H3. The molecule has 1 aliphatic rings. The van der Waals surface area contributed by atoms with Crippen molar-refractivity contribution in [3.05, 3.63) is 0 Å². The van der Waals surface area contributed by atoms with Crippen molar-refractivity contribution in [2.45, 2.75) is 44.6 Å². The lowest BCUT2D eigenvalue weighted by Crippen LogP contribution is -2.40. The van der Waals surface area contributed by atoms with E-state index in [1.807, 2.05) is 20.8 Å². The number of nitrogens with two attached hydrogens (primary N) is 1. The molecule has 0 aromatic heterocycles. The number of hydrogen-bond acceptors (Lipinski definition) is 4. The van der Waals surface area contributed by atoms with Gasteiger partial charge in [0, 0.05) is 12.6 Å². The minimum Gasteiger partial charge on any atom is -0.377 e. The maximum atomic E-state index is 12.0. The second-order valence-electron chi connectivity index (χ2n) is 4.64. The minimum atomic E-state index is -3.10. The molecular formula is C10H21NO3S. The lowest BCUT2D eigenvalue weighted by molar-refractivity contribution is 0.126. The van der Waals surface area contributed by atoms with Crippen LogP contribution in [0, 0.1) is 5.92 Å². The van der Waals surface area contributed by atoms with Crippen LogP contribution < -0.4 is 5.73 Å². The van der Waals surface area contributed by atoms with Crippen LogP contribution in [0.5, 0.6) is 0 Å². The first-order chi connectivity index (χ1) is 6.84. The first kappa shape index (κ1) is 12.9. The van der Waals surface area contributed by atoms with Crippen molar-refractivity contribution in [1.82, 2.24) is 0 Å². The van der Waals surface area contributed by atoms with Crippen molar-refractivity contribution in [3.63, 3.8) is 0 Å². The van der Waals surface area contributed by atoms with Crippen LogP contribution in [-0.4, -0.2) is 38.2 Å². The van der Waals surface area contributed by atoms with Gasteiger partial charge in [0.1, 0.15) is 0 Å². The van der Waals surface area contributed by atoms with E-state index in [0.29, 0.717) is 13.0 Å². The van der Waals surface area contributed by atoms with E-state index in [-0.39, 0.29) is 29.1 Å². The lowest BCUT2D eigenvalue weighted by Gasteiger charge is -2.20. The normalized spacial score (nSPS) is 29.7. The summed E-state index contributed by atoms with van der Waals surface area (Å²) in [7, 11) is -3.10. The third kappa shape index (κ3) is 3.16. The average Bonchev–Trinajstić information content (AvgIpc) is 2.50. The summed E-state index contributed by atoms with van der Waals surface area (Å²) in [5, 5.41) is -0.359. The van der Waals surface area contributed by atoms with Gasteiger partial charge in [-0.25, -0.2) is 8.42 Å². The summed E-state index contributed by atoms with van der Waals surface area (Å²) in [4.78, 5) is 0. The molecule has 0 amide bonds. The van der Waals surface area contributed by atoms with Gasteiger partial charge in [-0.15, -0.1) is 0 Å². The number of rotatable bonds is 4. The van der Waals surface area contributed by atoms with Gasteiger partial charge >= 0.3 is 0 Å². The molecule has 1 aliphatic heterocycles. The largest absolute Gasteiger partial charge is 0.377 e. The number of ether oxygens (including phenoxy) is 1. The summed E-state index contributed by atoms with van der Waals surface area (Å²) < 4.78 is 29.3. The Hall–Kier alpha value is -0.130. The van der Waals surface area contributed by atoms with Crippen molar-refractivity contribution >= 4 is 9.84 Å². The van der Waals surface area contributed by atoms with E-state index in [2.05, 4.69) is 0 Å². The zero-order chi connectivity index (χ0) is 11.6. The fourth-order valence-electron chi connectivity index (χ4n) is 1.77. The summed E-state index contributed by atoms with van der Waals surface area (Å²) in [5.74, 6) is 0.264. The Morgan fingerprint density at radius 2 is 2.07 bits per heavy atom. The van der Waals surface area contributed by atoms with Crippen molar-refractivity contribution < 1.29 is 13.2 Å². The Kier molecular flexibility index (Phi) is 4.14. The SMILES string of the molecule is CC(C)C(N)CS(=O)(=O)C1CCOC1C. The summed E-state index contributed by atoms with van der Waals surface area (Å²) in [6, 6.07) is -0.275. The summed E-state index contributed by atoms with van der Waals surface area (Å²) in [6.45, 7) is 6.24. The van der Waals surface area contributed by atoms with Gasteiger partial charge in [-0.3, -0.25) is 0 Å². The molecule has 0 aromatic carbocycles. The third-order valence-electron chi connectivity index (χ3n) is 3.05. The highest BCUT2D eigenvalue weighted by molar-refractivity contribution is 7.92. The first-order valence-electron chi connectivity index (χ1n) is 5.43. The smallest absolute Gasteiger partial charge is 0.157 e. The Morgan fingerprint density at radius 3 is 2.47 bits per heavy atom. The van der Waals surface area contributed by atoms with Crippen molar-refractivity contribution in [2.75, 3.05) is 12.4 Å². The van der Waals surface area contributed by atoms with E-state index in [4.69, 9.17) is 10.5 Å². The molecule has 4 nitrogen and oxygen atoms in total. The van der Waals surface area contributed by atoms with Crippen molar-refractivity contribution in [1.29, 1.82) is 0 Å². The second-order valence-corrected chi connectivity index (χ2v) is 6.90. The van der Waals surface area contributed by atoms with Gasteiger partial charge in [-0.1, -0.05) is 13.8 Å². The summed E-state index contributed by atoms with van der Waals surface area (Å²) >= 11 is 0. The maximum Gasteiger partial charge on any atom is 0.157 e. The van der Waals surface area contributed by atoms with Crippen LogP contribution >= 0.6 is 0 Å². The predicted octanol–water partition coefficient (Wildman–Crippen LogP) is 0.562. The average molecular weight is 235 g/mol. The summed E-state index contributed by atoms with van der Waals surface area (Å²) in [5.41, 5.74) is 5.80. The van der Waals surface area contributed by atoms with Gasteiger partial charge in [0.05, 0.1) is 17.1 Å². The Bertz CT molecular complexity index is 300. The molecule has 0 bridgehead atoms. The fourth-order valence-corrected chi connectivity index (χ4v) is 4.05. The van der Waals surface area contributed by atoms with Gasteiger partial charge in [0.15, 0.2) is 9.84 Å². The number of sulfone groups is 1. The predicted molar refractivity (Wildman–Crippen MR) is 60.4 cm³/mol. The molecule has 5 heteroatoms. The van der Waals surface area contributed by atoms with Crippen LogP contribution in [0.2, 0.25) is 0 Å². The van der Waals surface area contributed by atoms with Gasteiger partial charge in [0.25, 0.3) is 0 Å². The number of hydrogen-bond donors (Lipinski definition) is 1. The van der Waals surface area contributed by atoms with Crippen LogP contribution in [0.15, 0.2) is 0 Å². The minimum absolute atomic E-state index is 0.0725. The molecule has 0 aliphatic carbocycles. The zero-order valence-corrected chi connectivity index (χ0v) is 10.5. The van der Waals surface area contributed by atoms with Crippen molar-refractivity contribution in [3.8, 4) is 0 Å². The highest BCUT2D eigenvalue weighted by Crippen LogP contribution is 2.22. The van der Waals surface area contributed by atoms with Crippen LogP contribution in [0.3, 0.4) is 0 Å². The molecule has 0 aromatic rings. The highest BCUT2D eigenvalue weighted by atomic mass is 32.2. The Morgan fingerprint density at radius 1 is 1.47 bits per heavy atom. The van der Waals surface area contributed by atoms with Gasteiger partial charge < -0.3 is 10.5 Å². The van der Waals surface area contributed by atoms with Gasteiger partial charge in [-0.2, -0.15) is 0 Å². The van der Waals surface area contributed by atoms with Crippen LogP contribution in [0.1, 0.15) is 27.2 Å². The quantitative estimate of drug-likeness (QED) is 0.773. The molecule has 1 saturated heterocycles. The third-order valence-corrected chi connectivity index (χ3v) is 5.44. The van der Waals surface area contributed by atoms with E-state index in [1.165, 1.54) is 0 Å². The molecule has 1 fully saturated rings. The van der Waals surface area contributed by atoms with E-state index in [1.54, 1.807) is 0 Å². The van der Waals surface area contributed by atoms with E-state index in [9.17, 15) is 8.42 Å². The van der Waals surface area contributed by atoms with E-state index >= 15 is 0 Å². The van der Waals surface area contributed by atoms with Crippen molar-refractivity contribution in [2.24, 2.45) is 11.7 Å². The first-order valence-corrected chi connectivity index (χ1v) is 7.15. The molecular weight excluding hydrogens is 214 g/mol. The maximum absolute atomic E-state index is 12.0. The van der Waals surface area contributed by atoms with E-state index in [0.717, 1.165) is 0 Å². The molecule has 0 radical (unpaired) electrons. The molecule has 1 heterocycles. The molecule has 90 valence electrons. The summed E-state index contributed by atoms with van der Waals surface area (Å²) in [6.07, 6.45) is 0.420. The van der Waals surface area contributed by atoms with Crippen LogP contribution in [0.25, 0.3) is 0 Å². The van der Waals surface area contributed by atoms with Crippen LogP contribution in [0.4, 0.5) is 0 Å². The van der Waals surface area contributed by atoms with Gasteiger partial charge in [0.2, 0.25) is 0 Å². The lowest BCUT2D eigenvalue weighted by atomic mass is 10.1. The van der Waals surface area contributed by atoms with Crippen LogP contribution in [-0.2, 0) is 14.6 Å². The van der Waals surface area contributed by atoms with E-state index < -0.39 is 9.84 Å². The zero-order valence-electron chi connectivity index (χ0n) is 9.64.